The van der Waals surface area contributed by atoms with Crippen molar-refractivity contribution < 1.29 is 20.4 Å². The number of fused-ring (bicyclic) bond motifs is 5. The monoisotopic (exact) mass is 346 g/mol. The third kappa shape index (κ3) is 2.04. The summed E-state index contributed by atoms with van der Waals surface area (Å²) >= 11 is 0. The summed E-state index contributed by atoms with van der Waals surface area (Å²) in [4.78, 5) is 0. The van der Waals surface area contributed by atoms with Crippen molar-refractivity contribution in [3.63, 3.8) is 0 Å². The van der Waals surface area contributed by atoms with Gasteiger partial charge >= 0.3 is 0 Å². The van der Waals surface area contributed by atoms with Gasteiger partial charge in [0.15, 0.2) is 5.60 Å². The van der Waals surface area contributed by atoms with Crippen molar-refractivity contribution in [3.8, 4) is 12.3 Å². The SMILES string of the molecule is C#C[C@@]1(O)[C@@H](O)C[C@H]2[C@@H]3CC=C4C[C@H](O)CC[C@]4(C)[C@H]3[C@@H](O)C[C@@]21C. The number of terminal acetylenes is 1. The molecule has 0 aliphatic heterocycles. The fourth-order valence-corrected chi connectivity index (χ4v) is 7.05. The van der Waals surface area contributed by atoms with Crippen molar-refractivity contribution in [2.24, 2.45) is 28.6 Å². The first-order valence-corrected chi connectivity index (χ1v) is 9.61. The first kappa shape index (κ1) is 17.5. The van der Waals surface area contributed by atoms with Gasteiger partial charge in [-0.2, -0.15) is 0 Å². The Kier molecular flexibility index (Phi) is 3.74. The highest BCUT2D eigenvalue weighted by atomic mass is 16.3. The Morgan fingerprint density at radius 2 is 1.96 bits per heavy atom. The smallest absolute Gasteiger partial charge is 0.156 e. The summed E-state index contributed by atoms with van der Waals surface area (Å²) in [5.74, 6) is 2.86. The molecule has 4 N–H and O–H groups in total. The molecule has 0 aromatic rings. The van der Waals surface area contributed by atoms with Gasteiger partial charge in [-0.05, 0) is 61.7 Å². The molecular formula is C21H30O4. The van der Waals surface area contributed by atoms with Crippen LogP contribution in [-0.2, 0) is 0 Å². The van der Waals surface area contributed by atoms with Crippen LogP contribution >= 0.6 is 0 Å². The molecule has 0 unspecified atom stereocenters. The van der Waals surface area contributed by atoms with E-state index < -0.39 is 23.2 Å². The van der Waals surface area contributed by atoms with Gasteiger partial charge in [0.05, 0.1) is 18.3 Å². The minimum atomic E-state index is -1.57. The highest BCUT2D eigenvalue weighted by Gasteiger charge is 2.68. The third-order valence-electron chi connectivity index (χ3n) is 8.45. The molecule has 0 heterocycles. The lowest BCUT2D eigenvalue weighted by Gasteiger charge is -2.60. The summed E-state index contributed by atoms with van der Waals surface area (Å²) < 4.78 is 0. The second-order valence-electron chi connectivity index (χ2n) is 9.43. The van der Waals surface area contributed by atoms with Crippen molar-refractivity contribution in [2.45, 2.75) is 76.3 Å². The average molecular weight is 346 g/mol. The first-order chi connectivity index (χ1) is 11.7. The van der Waals surface area contributed by atoms with Gasteiger partial charge in [-0.1, -0.05) is 31.4 Å². The Balaban J connectivity index is 1.77. The molecule has 4 heteroatoms. The van der Waals surface area contributed by atoms with Crippen molar-refractivity contribution >= 4 is 0 Å². The maximum Gasteiger partial charge on any atom is 0.156 e. The first-order valence-electron chi connectivity index (χ1n) is 9.61. The van der Waals surface area contributed by atoms with Gasteiger partial charge in [0.1, 0.15) is 0 Å². The molecule has 0 spiro atoms. The van der Waals surface area contributed by atoms with Crippen LogP contribution in [0.15, 0.2) is 11.6 Å². The van der Waals surface area contributed by atoms with Crippen LogP contribution in [0.1, 0.15) is 52.4 Å². The van der Waals surface area contributed by atoms with E-state index in [1.807, 2.05) is 6.92 Å². The molecule has 4 rings (SSSR count). The molecule has 0 aromatic carbocycles. The van der Waals surface area contributed by atoms with Gasteiger partial charge in [0.2, 0.25) is 0 Å². The maximum atomic E-state index is 11.1. The molecule has 3 saturated carbocycles. The Morgan fingerprint density at radius 3 is 2.64 bits per heavy atom. The van der Waals surface area contributed by atoms with Crippen LogP contribution in [0.5, 0.6) is 0 Å². The summed E-state index contributed by atoms with van der Waals surface area (Å²) in [6.45, 7) is 4.17. The van der Waals surface area contributed by atoms with Crippen LogP contribution in [-0.4, -0.2) is 44.3 Å². The average Bonchev–Trinajstić information content (AvgIpc) is 2.76. The Bertz CT molecular complexity index is 651. The lowest BCUT2D eigenvalue weighted by molar-refractivity contribution is -0.160. The lowest BCUT2D eigenvalue weighted by Crippen LogP contribution is -2.60. The van der Waals surface area contributed by atoms with Gasteiger partial charge < -0.3 is 20.4 Å². The van der Waals surface area contributed by atoms with Crippen molar-refractivity contribution in [2.75, 3.05) is 0 Å². The molecule has 0 aromatic heterocycles. The molecule has 0 radical (unpaired) electrons. The molecule has 4 nitrogen and oxygen atoms in total. The maximum absolute atomic E-state index is 11.1. The lowest BCUT2D eigenvalue weighted by atomic mass is 9.46. The molecule has 0 bridgehead atoms. The summed E-state index contributed by atoms with van der Waals surface area (Å²) in [7, 11) is 0. The number of hydrogen-bond acceptors (Lipinski definition) is 4. The van der Waals surface area contributed by atoms with E-state index >= 15 is 0 Å². The number of allylic oxidation sites excluding steroid dienone is 1. The normalized spacial score (nSPS) is 57.7. The Morgan fingerprint density at radius 1 is 1.24 bits per heavy atom. The fourth-order valence-electron chi connectivity index (χ4n) is 7.05. The number of aliphatic hydroxyl groups excluding tert-OH is 3. The molecule has 0 amide bonds. The quantitative estimate of drug-likeness (QED) is 0.397. The summed E-state index contributed by atoms with van der Waals surface area (Å²) in [5, 5.41) is 42.8. The molecular weight excluding hydrogens is 316 g/mol. The van der Waals surface area contributed by atoms with E-state index in [1.54, 1.807) is 0 Å². The van der Waals surface area contributed by atoms with Gasteiger partial charge in [-0.3, -0.25) is 0 Å². The zero-order valence-electron chi connectivity index (χ0n) is 15.2. The van der Waals surface area contributed by atoms with Gasteiger partial charge in [-0.25, -0.2) is 0 Å². The predicted octanol–water partition coefficient (Wildman–Crippen LogP) is 1.62. The fraction of sp³-hybridized carbons (Fsp3) is 0.810. The minimum Gasteiger partial charge on any atom is -0.393 e. The van der Waals surface area contributed by atoms with Crippen molar-refractivity contribution in [3.05, 3.63) is 11.6 Å². The molecule has 4 aliphatic rings. The molecule has 0 saturated heterocycles. The standard InChI is InChI=1S/C21H30O4/c1-4-21(25)17(24)10-15-14-6-5-12-9-13(22)7-8-19(12,2)18(14)16(23)11-20(15,21)3/h1,5,13-18,22-25H,6-11H2,2-3H3/t13-,14+,15+,16+,17+,18-,19+,20+,21-/m1/s1. The highest BCUT2D eigenvalue weighted by molar-refractivity contribution is 5.31. The van der Waals surface area contributed by atoms with E-state index in [0.29, 0.717) is 19.3 Å². The van der Waals surface area contributed by atoms with E-state index in [-0.39, 0.29) is 29.3 Å². The largest absolute Gasteiger partial charge is 0.393 e. The molecule has 9 atom stereocenters. The van der Waals surface area contributed by atoms with Gasteiger partial charge in [0, 0.05) is 5.41 Å². The summed E-state index contributed by atoms with van der Waals surface area (Å²) in [6.07, 6.45) is 10.2. The number of aliphatic hydroxyl groups is 4. The molecule has 25 heavy (non-hydrogen) atoms. The van der Waals surface area contributed by atoms with Crippen molar-refractivity contribution in [1.29, 1.82) is 0 Å². The molecule has 3 fully saturated rings. The van der Waals surface area contributed by atoms with E-state index in [1.165, 1.54) is 5.57 Å². The zero-order valence-corrected chi connectivity index (χ0v) is 15.2. The van der Waals surface area contributed by atoms with Crippen LogP contribution in [0.2, 0.25) is 0 Å². The van der Waals surface area contributed by atoms with Crippen LogP contribution in [0.25, 0.3) is 0 Å². The molecule has 138 valence electrons. The van der Waals surface area contributed by atoms with Gasteiger partial charge in [0.25, 0.3) is 0 Å². The van der Waals surface area contributed by atoms with E-state index in [4.69, 9.17) is 6.42 Å². The van der Waals surface area contributed by atoms with Crippen molar-refractivity contribution in [1.82, 2.24) is 0 Å². The number of rotatable bonds is 0. The zero-order chi connectivity index (χ0) is 18.2. The van der Waals surface area contributed by atoms with E-state index in [2.05, 4.69) is 18.9 Å². The van der Waals surface area contributed by atoms with Crippen LogP contribution < -0.4 is 0 Å². The topological polar surface area (TPSA) is 80.9 Å². The van der Waals surface area contributed by atoms with E-state index in [0.717, 1.165) is 19.3 Å². The van der Waals surface area contributed by atoms with Crippen LogP contribution in [0.4, 0.5) is 0 Å². The number of hydrogen-bond donors (Lipinski definition) is 4. The van der Waals surface area contributed by atoms with E-state index in [9.17, 15) is 20.4 Å². The second-order valence-corrected chi connectivity index (χ2v) is 9.43. The predicted molar refractivity (Wildman–Crippen MR) is 94.3 cm³/mol. The van der Waals surface area contributed by atoms with Crippen LogP contribution in [0, 0.1) is 40.9 Å². The minimum absolute atomic E-state index is 0.0958. The van der Waals surface area contributed by atoms with Gasteiger partial charge in [-0.15, -0.1) is 6.42 Å². The third-order valence-corrected chi connectivity index (χ3v) is 8.45. The highest BCUT2D eigenvalue weighted by Crippen LogP contribution is 2.66. The summed E-state index contributed by atoms with van der Waals surface area (Å²) in [6, 6.07) is 0. The summed E-state index contributed by atoms with van der Waals surface area (Å²) in [5.41, 5.74) is -1.07. The van der Waals surface area contributed by atoms with Crippen LogP contribution in [0.3, 0.4) is 0 Å². The molecule has 4 aliphatic carbocycles. The Hall–Kier alpha value is -0.860. The second kappa shape index (κ2) is 5.33. The Labute approximate surface area is 150 Å².